The van der Waals surface area contributed by atoms with Crippen LogP contribution in [-0.4, -0.2) is 23.7 Å². The molecule has 0 heterocycles. The molecule has 0 aliphatic heterocycles. The van der Waals surface area contributed by atoms with E-state index in [1.54, 1.807) is 6.92 Å². The van der Waals surface area contributed by atoms with Gasteiger partial charge in [-0.05, 0) is 24.6 Å². The fourth-order valence-electron chi connectivity index (χ4n) is 1.30. The highest BCUT2D eigenvalue weighted by Gasteiger charge is 2.39. The Kier molecular flexibility index (Phi) is 4.11. The average Bonchev–Trinajstić information content (AvgIpc) is 2.27. The summed E-state index contributed by atoms with van der Waals surface area (Å²) in [7, 11) is 0. The SMILES string of the molecule is CCNC(=O)c1cccc([C@H](O)C(F)(F)F)c1. The molecule has 0 bridgehead atoms. The van der Waals surface area contributed by atoms with Gasteiger partial charge in [-0.2, -0.15) is 13.2 Å². The van der Waals surface area contributed by atoms with Crippen molar-refractivity contribution in [3.05, 3.63) is 35.4 Å². The van der Waals surface area contributed by atoms with Gasteiger partial charge in [-0.1, -0.05) is 12.1 Å². The van der Waals surface area contributed by atoms with Crippen molar-refractivity contribution in [2.45, 2.75) is 19.2 Å². The van der Waals surface area contributed by atoms with Crippen LogP contribution in [0.1, 0.15) is 28.9 Å². The lowest BCUT2D eigenvalue weighted by Crippen LogP contribution is -2.24. The first-order valence-electron chi connectivity index (χ1n) is 4.99. The van der Waals surface area contributed by atoms with Crippen molar-refractivity contribution in [2.75, 3.05) is 6.54 Å². The van der Waals surface area contributed by atoms with Gasteiger partial charge in [0, 0.05) is 12.1 Å². The van der Waals surface area contributed by atoms with E-state index in [0.29, 0.717) is 6.54 Å². The maximum absolute atomic E-state index is 12.3. The number of halogens is 3. The van der Waals surface area contributed by atoms with E-state index in [2.05, 4.69) is 5.32 Å². The largest absolute Gasteiger partial charge is 0.418 e. The van der Waals surface area contributed by atoms with E-state index in [1.165, 1.54) is 12.1 Å². The molecule has 1 rings (SSSR count). The standard InChI is InChI=1S/C11H12F3NO2/c1-2-15-10(17)8-5-3-4-7(6-8)9(16)11(12,13)14/h3-6,9,16H,2H2,1H3,(H,15,17)/t9-/m0/s1. The molecule has 94 valence electrons. The van der Waals surface area contributed by atoms with Crippen LogP contribution in [-0.2, 0) is 0 Å². The molecule has 0 saturated carbocycles. The van der Waals surface area contributed by atoms with E-state index in [-0.39, 0.29) is 11.1 Å². The molecule has 1 aromatic carbocycles. The molecular weight excluding hydrogens is 235 g/mol. The molecule has 6 heteroatoms. The Labute approximate surface area is 96.3 Å². The van der Waals surface area contributed by atoms with Crippen molar-refractivity contribution in [1.29, 1.82) is 0 Å². The quantitative estimate of drug-likeness (QED) is 0.858. The zero-order valence-electron chi connectivity index (χ0n) is 9.08. The Bertz CT molecular complexity index is 404. The van der Waals surface area contributed by atoms with Crippen LogP contribution >= 0.6 is 0 Å². The van der Waals surface area contributed by atoms with E-state index in [0.717, 1.165) is 12.1 Å². The van der Waals surface area contributed by atoms with Gasteiger partial charge in [-0.25, -0.2) is 0 Å². The van der Waals surface area contributed by atoms with E-state index < -0.39 is 18.2 Å². The van der Waals surface area contributed by atoms with E-state index in [4.69, 9.17) is 5.11 Å². The van der Waals surface area contributed by atoms with Gasteiger partial charge in [0.05, 0.1) is 0 Å². The first kappa shape index (κ1) is 13.5. The van der Waals surface area contributed by atoms with Gasteiger partial charge in [-0.3, -0.25) is 4.79 Å². The monoisotopic (exact) mass is 247 g/mol. The summed E-state index contributed by atoms with van der Waals surface area (Å²) in [4.78, 5) is 11.4. The number of alkyl halides is 3. The van der Waals surface area contributed by atoms with Gasteiger partial charge in [-0.15, -0.1) is 0 Å². The molecule has 1 atom stereocenters. The Morgan fingerprint density at radius 3 is 2.65 bits per heavy atom. The number of carbonyl (C=O) groups excluding carboxylic acids is 1. The zero-order chi connectivity index (χ0) is 13.1. The number of amides is 1. The highest BCUT2D eigenvalue weighted by molar-refractivity contribution is 5.94. The summed E-state index contributed by atoms with van der Waals surface area (Å²) in [6.07, 6.45) is -7.31. The molecular formula is C11H12F3NO2. The third kappa shape index (κ3) is 3.45. The fourth-order valence-corrected chi connectivity index (χ4v) is 1.30. The minimum Gasteiger partial charge on any atom is -0.379 e. The normalized spacial score (nSPS) is 13.2. The van der Waals surface area contributed by atoms with Crippen LogP contribution in [0, 0.1) is 0 Å². The third-order valence-electron chi connectivity index (χ3n) is 2.11. The smallest absolute Gasteiger partial charge is 0.379 e. The predicted molar refractivity (Wildman–Crippen MR) is 55.5 cm³/mol. The molecule has 0 fully saturated rings. The van der Waals surface area contributed by atoms with Crippen LogP contribution in [0.15, 0.2) is 24.3 Å². The van der Waals surface area contributed by atoms with Crippen LogP contribution in [0.25, 0.3) is 0 Å². The number of aliphatic hydroxyl groups is 1. The highest BCUT2D eigenvalue weighted by Crippen LogP contribution is 2.32. The number of rotatable bonds is 3. The summed E-state index contributed by atoms with van der Waals surface area (Å²) < 4.78 is 36.8. The van der Waals surface area contributed by atoms with Crippen molar-refractivity contribution in [2.24, 2.45) is 0 Å². The molecule has 1 amide bonds. The lowest BCUT2D eigenvalue weighted by atomic mass is 10.1. The molecule has 0 aromatic heterocycles. The number of hydrogen-bond acceptors (Lipinski definition) is 2. The maximum Gasteiger partial charge on any atom is 0.418 e. The van der Waals surface area contributed by atoms with Crippen molar-refractivity contribution < 1.29 is 23.1 Å². The van der Waals surface area contributed by atoms with Crippen LogP contribution in [0.5, 0.6) is 0 Å². The van der Waals surface area contributed by atoms with E-state index in [1.807, 2.05) is 0 Å². The molecule has 0 aliphatic rings. The van der Waals surface area contributed by atoms with Crippen molar-refractivity contribution >= 4 is 5.91 Å². The fraction of sp³-hybridized carbons (Fsp3) is 0.364. The van der Waals surface area contributed by atoms with Gasteiger partial charge in [0.15, 0.2) is 6.10 Å². The minimum atomic E-state index is -4.74. The summed E-state index contributed by atoms with van der Waals surface area (Å²) in [5, 5.41) is 11.5. The molecule has 0 aliphatic carbocycles. The van der Waals surface area contributed by atoms with E-state index in [9.17, 15) is 18.0 Å². The molecule has 3 nitrogen and oxygen atoms in total. The van der Waals surface area contributed by atoms with Gasteiger partial charge < -0.3 is 10.4 Å². The number of benzene rings is 1. The van der Waals surface area contributed by atoms with Crippen molar-refractivity contribution in [3.8, 4) is 0 Å². The van der Waals surface area contributed by atoms with Crippen LogP contribution in [0.4, 0.5) is 13.2 Å². The molecule has 0 radical (unpaired) electrons. The Hall–Kier alpha value is -1.56. The van der Waals surface area contributed by atoms with Crippen LogP contribution < -0.4 is 5.32 Å². The molecule has 0 spiro atoms. The summed E-state index contributed by atoms with van der Waals surface area (Å²) in [5.74, 6) is -0.469. The maximum atomic E-state index is 12.3. The van der Waals surface area contributed by atoms with Gasteiger partial charge in [0.1, 0.15) is 0 Å². The summed E-state index contributed by atoms with van der Waals surface area (Å²) in [6.45, 7) is 2.08. The van der Waals surface area contributed by atoms with Crippen LogP contribution in [0.3, 0.4) is 0 Å². The van der Waals surface area contributed by atoms with Gasteiger partial charge >= 0.3 is 6.18 Å². The van der Waals surface area contributed by atoms with E-state index >= 15 is 0 Å². The lowest BCUT2D eigenvalue weighted by molar-refractivity contribution is -0.206. The summed E-state index contributed by atoms with van der Waals surface area (Å²) in [6, 6.07) is 4.84. The zero-order valence-corrected chi connectivity index (χ0v) is 9.08. The summed E-state index contributed by atoms with van der Waals surface area (Å²) >= 11 is 0. The summed E-state index contributed by atoms with van der Waals surface area (Å²) in [5.41, 5.74) is -0.256. The second-order valence-electron chi connectivity index (χ2n) is 3.43. The first-order valence-corrected chi connectivity index (χ1v) is 4.99. The molecule has 1 aromatic rings. The van der Waals surface area contributed by atoms with Crippen molar-refractivity contribution in [3.63, 3.8) is 0 Å². The highest BCUT2D eigenvalue weighted by atomic mass is 19.4. The van der Waals surface area contributed by atoms with Crippen molar-refractivity contribution in [1.82, 2.24) is 5.32 Å². The minimum absolute atomic E-state index is 0.0904. The average molecular weight is 247 g/mol. The molecule has 2 N–H and O–H groups in total. The second kappa shape index (κ2) is 5.18. The first-order chi connectivity index (χ1) is 7.86. The second-order valence-corrected chi connectivity index (χ2v) is 3.43. The Balaban J connectivity index is 2.97. The third-order valence-corrected chi connectivity index (χ3v) is 2.11. The predicted octanol–water partition coefficient (Wildman–Crippen LogP) is 2.03. The van der Waals surface area contributed by atoms with Gasteiger partial charge in [0.2, 0.25) is 0 Å². The molecule has 0 unspecified atom stereocenters. The Morgan fingerprint density at radius 2 is 2.12 bits per heavy atom. The number of nitrogens with one attached hydrogen (secondary N) is 1. The van der Waals surface area contributed by atoms with Crippen LogP contribution in [0.2, 0.25) is 0 Å². The number of carbonyl (C=O) groups is 1. The number of hydrogen-bond donors (Lipinski definition) is 2. The lowest BCUT2D eigenvalue weighted by Gasteiger charge is -2.15. The van der Waals surface area contributed by atoms with Gasteiger partial charge in [0.25, 0.3) is 5.91 Å². The number of aliphatic hydroxyl groups excluding tert-OH is 1. The molecule has 0 saturated heterocycles. The Morgan fingerprint density at radius 1 is 1.47 bits per heavy atom. The molecule has 17 heavy (non-hydrogen) atoms. The topological polar surface area (TPSA) is 49.3 Å².